The first-order valence-corrected chi connectivity index (χ1v) is 8.65. The van der Waals surface area contributed by atoms with Gasteiger partial charge in [0.15, 0.2) is 0 Å². The Morgan fingerprint density at radius 3 is 2.69 bits per heavy atom. The molecule has 4 nitrogen and oxygen atoms in total. The summed E-state index contributed by atoms with van der Waals surface area (Å²) in [5, 5.41) is 12.2. The lowest BCUT2D eigenvalue weighted by atomic mass is 10.1. The van der Waals surface area contributed by atoms with E-state index in [0.29, 0.717) is 29.2 Å². The molecule has 0 unspecified atom stereocenters. The molecule has 26 heavy (non-hydrogen) atoms. The van der Waals surface area contributed by atoms with Crippen molar-refractivity contribution in [3.63, 3.8) is 0 Å². The molecule has 0 amide bonds. The summed E-state index contributed by atoms with van der Waals surface area (Å²) in [7, 11) is 0. The first kappa shape index (κ1) is 18.3. The number of hydrogen-bond acceptors (Lipinski definition) is 4. The van der Waals surface area contributed by atoms with Crippen molar-refractivity contribution in [2.45, 2.75) is 19.1 Å². The third-order valence-electron chi connectivity index (χ3n) is 3.76. The van der Waals surface area contributed by atoms with Crippen LogP contribution in [0.5, 0.6) is 0 Å². The van der Waals surface area contributed by atoms with E-state index in [1.165, 1.54) is 17.4 Å². The van der Waals surface area contributed by atoms with Gasteiger partial charge in [-0.1, -0.05) is 24.3 Å². The maximum Gasteiger partial charge on any atom is 0.416 e. The molecule has 136 valence electrons. The molecule has 2 aromatic carbocycles. The molecule has 0 radical (unpaired) electrons. The highest BCUT2D eigenvalue weighted by molar-refractivity contribution is 7.21. The van der Waals surface area contributed by atoms with Crippen LogP contribution < -0.4 is 5.32 Å². The molecule has 3 aromatic rings. The molecule has 1 heterocycles. The average molecular weight is 380 g/mol. The Morgan fingerprint density at radius 1 is 1.19 bits per heavy atom. The van der Waals surface area contributed by atoms with E-state index < -0.39 is 17.7 Å². The molecule has 0 bridgehead atoms. The lowest BCUT2D eigenvalue weighted by molar-refractivity contribution is -0.138. The van der Waals surface area contributed by atoms with Gasteiger partial charge in [-0.15, -0.1) is 11.3 Å². The molecule has 0 aliphatic rings. The number of alkyl halides is 3. The highest BCUT2D eigenvalue weighted by Gasteiger charge is 2.30. The van der Waals surface area contributed by atoms with Crippen molar-refractivity contribution >= 4 is 27.5 Å². The van der Waals surface area contributed by atoms with Gasteiger partial charge in [-0.25, -0.2) is 4.98 Å². The number of carboxylic acids is 1. The smallest absolute Gasteiger partial charge is 0.416 e. The zero-order valence-electron chi connectivity index (χ0n) is 13.5. The van der Waals surface area contributed by atoms with E-state index in [9.17, 15) is 18.0 Å². The number of rotatable bonds is 6. The van der Waals surface area contributed by atoms with Crippen LogP contribution in [0.15, 0.2) is 42.5 Å². The third-order valence-corrected chi connectivity index (χ3v) is 4.96. The van der Waals surface area contributed by atoms with Crippen LogP contribution in [0.4, 0.5) is 13.2 Å². The number of carbonyl (C=O) groups is 1. The fraction of sp³-hybridized carbons (Fsp3) is 0.222. The van der Waals surface area contributed by atoms with Crippen LogP contribution >= 0.6 is 11.3 Å². The molecular formula is C18H15F3N2O2S. The SMILES string of the molecule is O=C(O)CCNCc1cccc2nc(-c3cccc(C(F)(F)F)c3)sc12. The summed E-state index contributed by atoms with van der Waals surface area (Å²) in [6.07, 6.45) is -4.37. The molecule has 0 saturated carbocycles. The number of aliphatic carboxylic acids is 1. The number of halogens is 3. The molecular weight excluding hydrogens is 365 g/mol. The molecule has 1 aromatic heterocycles. The minimum atomic E-state index is -4.40. The Hall–Kier alpha value is -2.45. The van der Waals surface area contributed by atoms with Crippen LogP contribution in [-0.2, 0) is 17.5 Å². The van der Waals surface area contributed by atoms with Gasteiger partial charge in [0, 0.05) is 18.7 Å². The second-order valence-electron chi connectivity index (χ2n) is 5.68. The number of aromatic nitrogens is 1. The minimum Gasteiger partial charge on any atom is -0.481 e. The van der Waals surface area contributed by atoms with Crippen LogP contribution in [0.2, 0.25) is 0 Å². The van der Waals surface area contributed by atoms with Gasteiger partial charge in [0.05, 0.1) is 22.2 Å². The molecule has 2 N–H and O–H groups in total. The van der Waals surface area contributed by atoms with E-state index >= 15 is 0 Å². The van der Waals surface area contributed by atoms with Gasteiger partial charge in [0.25, 0.3) is 0 Å². The monoisotopic (exact) mass is 380 g/mol. The lowest BCUT2D eigenvalue weighted by Crippen LogP contribution is -2.17. The summed E-state index contributed by atoms with van der Waals surface area (Å²) in [5.41, 5.74) is 1.36. The first-order chi connectivity index (χ1) is 12.3. The summed E-state index contributed by atoms with van der Waals surface area (Å²) in [6, 6.07) is 10.6. The Kier molecular flexibility index (Phi) is 5.24. The number of hydrogen-bond donors (Lipinski definition) is 2. The van der Waals surface area contributed by atoms with Crippen molar-refractivity contribution < 1.29 is 23.1 Å². The zero-order valence-corrected chi connectivity index (χ0v) is 14.3. The lowest BCUT2D eigenvalue weighted by Gasteiger charge is -2.07. The van der Waals surface area contributed by atoms with Gasteiger partial charge >= 0.3 is 12.1 Å². The highest BCUT2D eigenvalue weighted by atomic mass is 32.1. The Labute approximate surface area is 151 Å². The summed E-state index contributed by atoms with van der Waals surface area (Å²) in [4.78, 5) is 15.0. The predicted octanol–water partition coefficient (Wildman–Crippen LogP) is 4.55. The number of thiazole rings is 1. The van der Waals surface area contributed by atoms with E-state index in [2.05, 4.69) is 10.3 Å². The topological polar surface area (TPSA) is 62.2 Å². The second-order valence-corrected chi connectivity index (χ2v) is 6.68. The molecule has 0 saturated heterocycles. The van der Waals surface area contributed by atoms with E-state index in [0.717, 1.165) is 22.4 Å². The van der Waals surface area contributed by atoms with E-state index in [-0.39, 0.29) is 6.42 Å². The van der Waals surface area contributed by atoms with Crippen molar-refractivity contribution in [1.29, 1.82) is 0 Å². The van der Waals surface area contributed by atoms with Crippen LogP contribution in [0.25, 0.3) is 20.8 Å². The first-order valence-electron chi connectivity index (χ1n) is 7.83. The van der Waals surface area contributed by atoms with Gasteiger partial charge in [-0.2, -0.15) is 13.2 Å². The summed E-state index contributed by atoms with van der Waals surface area (Å²) >= 11 is 1.33. The quantitative estimate of drug-likeness (QED) is 0.616. The molecule has 0 aliphatic heterocycles. The zero-order chi connectivity index (χ0) is 18.7. The molecule has 0 aliphatic carbocycles. The van der Waals surface area contributed by atoms with Crippen LogP contribution in [0.1, 0.15) is 17.5 Å². The highest BCUT2D eigenvalue weighted by Crippen LogP contribution is 2.36. The van der Waals surface area contributed by atoms with E-state index in [1.54, 1.807) is 6.07 Å². The van der Waals surface area contributed by atoms with Gasteiger partial charge in [-0.05, 0) is 23.8 Å². The average Bonchev–Trinajstić information content (AvgIpc) is 3.03. The fourth-order valence-corrected chi connectivity index (χ4v) is 3.59. The molecule has 8 heteroatoms. The summed E-state index contributed by atoms with van der Waals surface area (Å²) < 4.78 is 39.6. The third kappa shape index (κ3) is 4.20. The van der Waals surface area contributed by atoms with Gasteiger partial charge < -0.3 is 10.4 Å². The predicted molar refractivity (Wildman–Crippen MR) is 94.0 cm³/mol. The minimum absolute atomic E-state index is 0.0220. The fourth-order valence-electron chi connectivity index (χ4n) is 2.52. The Bertz CT molecular complexity index is 938. The molecule has 0 fully saturated rings. The molecule has 0 spiro atoms. The number of nitrogens with one attached hydrogen (secondary N) is 1. The number of benzene rings is 2. The van der Waals surface area contributed by atoms with E-state index in [4.69, 9.17) is 5.11 Å². The van der Waals surface area contributed by atoms with Crippen molar-refractivity contribution in [3.8, 4) is 10.6 Å². The largest absolute Gasteiger partial charge is 0.481 e. The van der Waals surface area contributed by atoms with Crippen molar-refractivity contribution in [2.24, 2.45) is 0 Å². The van der Waals surface area contributed by atoms with Crippen LogP contribution in [0.3, 0.4) is 0 Å². The number of nitrogens with zero attached hydrogens (tertiary/aromatic N) is 1. The molecule has 0 atom stereocenters. The Balaban J connectivity index is 1.88. The normalized spacial score (nSPS) is 11.8. The van der Waals surface area contributed by atoms with Gasteiger partial charge in [-0.3, -0.25) is 4.79 Å². The van der Waals surface area contributed by atoms with Crippen molar-refractivity contribution in [2.75, 3.05) is 6.54 Å². The maximum absolute atomic E-state index is 12.9. The maximum atomic E-state index is 12.9. The number of carboxylic acid groups (broad SMARTS) is 1. The summed E-state index contributed by atoms with van der Waals surface area (Å²) in [6.45, 7) is 0.805. The van der Waals surface area contributed by atoms with E-state index in [1.807, 2.05) is 18.2 Å². The molecule has 3 rings (SSSR count). The van der Waals surface area contributed by atoms with Crippen molar-refractivity contribution in [3.05, 3.63) is 53.6 Å². The van der Waals surface area contributed by atoms with Crippen LogP contribution in [-0.4, -0.2) is 22.6 Å². The second kappa shape index (κ2) is 7.43. The van der Waals surface area contributed by atoms with Gasteiger partial charge in [0.2, 0.25) is 0 Å². The Morgan fingerprint density at radius 2 is 1.96 bits per heavy atom. The van der Waals surface area contributed by atoms with Crippen molar-refractivity contribution in [1.82, 2.24) is 10.3 Å². The summed E-state index contributed by atoms with van der Waals surface area (Å²) in [5.74, 6) is -0.875. The van der Waals surface area contributed by atoms with Gasteiger partial charge in [0.1, 0.15) is 5.01 Å². The van der Waals surface area contributed by atoms with Crippen LogP contribution in [0, 0.1) is 0 Å². The standard InChI is InChI=1S/C18H15F3N2O2S/c19-18(20,21)13-5-1-3-11(9-13)17-23-14-6-2-4-12(16(14)26-17)10-22-8-7-15(24)25/h1-6,9,22H,7-8,10H2,(H,24,25). The number of fused-ring (bicyclic) bond motifs is 1.